The average molecular weight is 508 g/mol. The number of carbonyl (C=O) groups is 3. The minimum Gasteiger partial charge on any atom is -0.385 e. The fourth-order valence-corrected chi connectivity index (χ4v) is 3.72. The summed E-state index contributed by atoms with van der Waals surface area (Å²) in [7, 11) is 2.65. The number of rotatable bonds is 11. The molecule has 5 N–H and O–H groups in total. The van der Waals surface area contributed by atoms with E-state index in [4.69, 9.17) is 5.21 Å². The van der Waals surface area contributed by atoms with Crippen LogP contribution in [0.1, 0.15) is 16.8 Å². The van der Waals surface area contributed by atoms with Gasteiger partial charge in [0.25, 0.3) is 17.7 Å². The van der Waals surface area contributed by atoms with Crippen LogP contribution in [0.3, 0.4) is 0 Å². The lowest BCUT2D eigenvalue weighted by Gasteiger charge is -2.25. The lowest BCUT2D eigenvalue weighted by atomic mass is 10.0. The van der Waals surface area contributed by atoms with Crippen LogP contribution in [-0.2, 0) is 9.59 Å². The van der Waals surface area contributed by atoms with Crippen LogP contribution in [0.4, 0.5) is 15.8 Å². The molecule has 0 bridgehead atoms. The molecule has 3 amide bonds. The average Bonchev–Trinajstić information content (AvgIpc) is 2.93. The van der Waals surface area contributed by atoms with Crippen molar-refractivity contribution in [2.75, 3.05) is 37.8 Å². The Balaban J connectivity index is 1.54. The van der Waals surface area contributed by atoms with Gasteiger partial charge in [-0.1, -0.05) is 36.4 Å². The van der Waals surface area contributed by atoms with Crippen LogP contribution >= 0.6 is 0 Å². The topological polar surface area (TPSA) is 123 Å². The SMILES string of the molecule is CNC(=O)C(C(=O)NO)N(C)C(=O)c1ccc(-c2ccc(NCCCNc3ccccc3F)cc2)cc1. The van der Waals surface area contributed by atoms with Crippen molar-refractivity contribution in [3.63, 3.8) is 0 Å². The molecule has 0 saturated heterocycles. The number of benzene rings is 3. The first kappa shape index (κ1) is 27.2. The van der Waals surface area contributed by atoms with Gasteiger partial charge in [0, 0.05) is 38.4 Å². The van der Waals surface area contributed by atoms with E-state index in [9.17, 15) is 18.8 Å². The largest absolute Gasteiger partial charge is 0.385 e. The molecule has 0 fully saturated rings. The number of nitrogens with zero attached hydrogens (tertiary/aromatic N) is 1. The molecule has 0 saturated carbocycles. The molecule has 0 aliphatic rings. The van der Waals surface area contributed by atoms with Gasteiger partial charge in [-0.15, -0.1) is 0 Å². The first-order chi connectivity index (χ1) is 17.8. The first-order valence-electron chi connectivity index (χ1n) is 11.7. The fraction of sp³-hybridized carbons (Fsp3) is 0.222. The molecule has 3 rings (SSSR count). The van der Waals surface area contributed by atoms with Crippen molar-refractivity contribution in [3.8, 4) is 11.1 Å². The Morgan fingerprint density at radius 2 is 1.46 bits per heavy atom. The number of anilines is 2. The third-order valence-corrected chi connectivity index (χ3v) is 5.78. The van der Waals surface area contributed by atoms with E-state index in [2.05, 4.69) is 16.0 Å². The van der Waals surface area contributed by atoms with Gasteiger partial charge >= 0.3 is 0 Å². The van der Waals surface area contributed by atoms with E-state index in [0.717, 1.165) is 34.7 Å². The summed E-state index contributed by atoms with van der Waals surface area (Å²) < 4.78 is 13.6. The molecule has 9 nitrogen and oxygen atoms in total. The van der Waals surface area contributed by atoms with Gasteiger partial charge in [-0.3, -0.25) is 19.6 Å². The van der Waals surface area contributed by atoms with Gasteiger partial charge in [-0.2, -0.15) is 0 Å². The number of nitrogens with one attached hydrogen (secondary N) is 4. The van der Waals surface area contributed by atoms with Crippen LogP contribution in [0.2, 0.25) is 0 Å². The van der Waals surface area contributed by atoms with Crippen LogP contribution in [0.25, 0.3) is 11.1 Å². The lowest BCUT2D eigenvalue weighted by Crippen LogP contribution is -2.54. The summed E-state index contributed by atoms with van der Waals surface area (Å²) >= 11 is 0. The van der Waals surface area contributed by atoms with E-state index in [1.807, 2.05) is 24.3 Å². The Morgan fingerprint density at radius 1 is 0.865 bits per heavy atom. The van der Waals surface area contributed by atoms with Crippen molar-refractivity contribution in [1.82, 2.24) is 15.7 Å². The van der Waals surface area contributed by atoms with Crippen molar-refractivity contribution >= 4 is 29.1 Å². The highest BCUT2D eigenvalue weighted by atomic mass is 19.1. The zero-order valence-corrected chi connectivity index (χ0v) is 20.6. The lowest BCUT2D eigenvalue weighted by molar-refractivity contribution is -0.140. The van der Waals surface area contributed by atoms with Gasteiger partial charge in [0.15, 0.2) is 6.04 Å². The highest BCUT2D eigenvalue weighted by Gasteiger charge is 2.33. The molecule has 194 valence electrons. The third kappa shape index (κ3) is 7.05. The summed E-state index contributed by atoms with van der Waals surface area (Å²) in [6, 6.07) is 19.7. The molecule has 3 aromatic rings. The minimum atomic E-state index is -1.52. The molecule has 3 aromatic carbocycles. The van der Waals surface area contributed by atoms with Crippen LogP contribution in [0.5, 0.6) is 0 Å². The standard InChI is InChI=1S/C27H30FN5O4/c1-29-25(34)24(26(35)32-37)33(2)27(36)20-10-8-18(9-11-20)19-12-14-21(15-13-19)30-16-5-17-31-23-7-4-3-6-22(23)28/h3-4,6-15,24,30-31,37H,5,16-17H2,1-2H3,(H,29,34)(H,32,35). The van der Waals surface area contributed by atoms with Gasteiger partial charge in [-0.05, 0) is 53.9 Å². The second kappa shape index (κ2) is 13.0. The van der Waals surface area contributed by atoms with Crippen LogP contribution in [0.15, 0.2) is 72.8 Å². The van der Waals surface area contributed by atoms with Gasteiger partial charge < -0.3 is 20.9 Å². The first-order valence-corrected chi connectivity index (χ1v) is 11.7. The summed E-state index contributed by atoms with van der Waals surface area (Å²) in [4.78, 5) is 37.7. The maximum atomic E-state index is 13.6. The van der Waals surface area contributed by atoms with Crippen molar-refractivity contribution in [2.45, 2.75) is 12.5 Å². The zero-order valence-electron chi connectivity index (χ0n) is 20.6. The van der Waals surface area contributed by atoms with Crippen molar-refractivity contribution < 1.29 is 24.0 Å². The van der Waals surface area contributed by atoms with Crippen LogP contribution < -0.4 is 21.4 Å². The van der Waals surface area contributed by atoms with Crippen molar-refractivity contribution in [2.24, 2.45) is 0 Å². The van der Waals surface area contributed by atoms with E-state index >= 15 is 0 Å². The summed E-state index contributed by atoms with van der Waals surface area (Å²) in [5.74, 6) is -2.55. The highest BCUT2D eigenvalue weighted by molar-refractivity contribution is 6.08. The molecule has 10 heteroatoms. The molecule has 0 radical (unpaired) electrons. The van der Waals surface area contributed by atoms with Crippen molar-refractivity contribution in [3.05, 3.63) is 84.2 Å². The smallest absolute Gasteiger partial charge is 0.275 e. The molecule has 1 atom stereocenters. The Bertz CT molecular complexity index is 1200. The number of likely N-dealkylation sites (N-methyl/N-ethyl adjacent to an activating group) is 2. The predicted molar refractivity (Wildman–Crippen MR) is 140 cm³/mol. The van der Waals surface area contributed by atoms with E-state index < -0.39 is 23.8 Å². The Labute approximate surface area is 214 Å². The summed E-state index contributed by atoms with van der Waals surface area (Å²) in [6.45, 7) is 1.36. The number of hydroxylamine groups is 1. The molecule has 37 heavy (non-hydrogen) atoms. The number of para-hydroxylation sites is 1. The number of hydrogen-bond donors (Lipinski definition) is 5. The normalized spacial score (nSPS) is 11.2. The quantitative estimate of drug-likeness (QED) is 0.118. The highest BCUT2D eigenvalue weighted by Crippen LogP contribution is 2.22. The monoisotopic (exact) mass is 507 g/mol. The van der Waals surface area contributed by atoms with E-state index in [1.54, 1.807) is 42.5 Å². The predicted octanol–water partition coefficient (Wildman–Crippen LogP) is 3.10. The van der Waals surface area contributed by atoms with Gasteiger partial charge in [0.2, 0.25) is 0 Å². The Kier molecular flexibility index (Phi) is 9.56. The molecule has 0 aliphatic heterocycles. The van der Waals surface area contributed by atoms with E-state index in [-0.39, 0.29) is 11.4 Å². The second-order valence-electron chi connectivity index (χ2n) is 8.25. The van der Waals surface area contributed by atoms with Crippen LogP contribution in [0, 0.1) is 5.82 Å². The summed E-state index contributed by atoms with van der Waals surface area (Å²) in [6.07, 6.45) is 0.806. The number of amides is 3. The molecular formula is C27H30FN5O4. The Morgan fingerprint density at radius 3 is 2.05 bits per heavy atom. The summed E-state index contributed by atoms with van der Waals surface area (Å²) in [5, 5.41) is 17.6. The van der Waals surface area contributed by atoms with E-state index in [1.165, 1.54) is 25.6 Å². The molecule has 0 aliphatic carbocycles. The zero-order chi connectivity index (χ0) is 26.8. The van der Waals surface area contributed by atoms with E-state index in [0.29, 0.717) is 12.2 Å². The Hall–Kier alpha value is -4.44. The molecule has 0 aromatic heterocycles. The number of halogens is 1. The van der Waals surface area contributed by atoms with Gasteiger partial charge in [0.05, 0.1) is 5.69 Å². The third-order valence-electron chi connectivity index (χ3n) is 5.78. The molecule has 1 unspecified atom stereocenters. The summed E-state index contributed by atoms with van der Waals surface area (Å²) in [5.41, 5.74) is 4.97. The maximum absolute atomic E-state index is 13.6. The molecular weight excluding hydrogens is 477 g/mol. The number of hydrogen-bond acceptors (Lipinski definition) is 6. The second-order valence-corrected chi connectivity index (χ2v) is 8.25. The van der Waals surface area contributed by atoms with Crippen molar-refractivity contribution in [1.29, 1.82) is 0 Å². The molecule has 0 spiro atoms. The van der Waals surface area contributed by atoms with Crippen LogP contribution in [-0.4, -0.2) is 61.1 Å². The van der Waals surface area contributed by atoms with Gasteiger partial charge in [-0.25, -0.2) is 9.87 Å². The number of carbonyl (C=O) groups excluding carboxylic acids is 3. The maximum Gasteiger partial charge on any atom is 0.275 e. The minimum absolute atomic E-state index is 0.266. The fourth-order valence-electron chi connectivity index (χ4n) is 3.72. The van der Waals surface area contributed by atoms with Gasteiger partial charge in [0.1, 0.15) is 5.82 Å². The molecule has 0 heterocycles.